The van der Waals surface area contributed by atoms with Crippen molar-refractivity contribution in [2.75, 3.05) is 19.6 Å². The number of likely N-dealkylation sites (tertiary alicyclic amines) is 1. The van der Waals surface area contributed by atoms with Crippen LogP contribution in [-0.4, -0.2) is 45.4 Å². The van der Waals surface area contributed by atoms with E-state index in [2.05, 4.69) is 60.7 Å². The molecule has 2 aliphatic heterocycles. The lowest BCUT2D eigenvalue weighted by Gasteiger charge is -2.25. The number of carbonyl (C=O) groups excluding carboxylic acids is 1. The third kappa shape index (κ3) is 3.83. The van der Waals surface area contributed by atoms with Gasteiger partial charge in [-0.2, -0.15) is 0 Å². The average Bonchev–Trinajstić information content (AvgIpc) is 3.37. The molecule has 3 heterocycles. The topological polar surface area (TPSA) is 63.1 Å². The van der Waals surface area contributed by atoms with Gasteiger partial charge in [0.05, 0.1) is 18.3 Å². The highest BCUT2D eigenvalue weighted by Crippen LogP contribution is 2.34. The van der Waals surface area contributed by atoms with E-state index in [0.717, 1.165) is 45.3 Å². The van der Waals surface area contributed by atoms with Crippen LogP contribution in [0.25, 0.3) is 0 Å². The van der Waals surface area contributed by atoms with E-state index in [0.29, 0.717) is 11.7 Å². The van der Waals surface area contributed by atoms with E-state index < -0.39 is 0 Å². The molecule has 1 N–H and O–H groups in total. The summed E-state index contributed by atoms with van der Waals surface area (Å²) in [7, 11) is 0. The van der Waals surface area contributed by atoms with Crippen molar-refractivity contribution in [3.05, 3.63) is 47.3 Å². The maximum Gasteiger partial charge on any atom is 0.276 e. The number of amides is 1. The molecule has 2 saturated heterocycles. The van der Waals surface area contributed by atoms with Crippen LogP contribution >= 0.6 is 0 Å². The zero-order chi connectivity index (χ0) is 19.7. The second-order valence-electron chi connectivity index (χ2n) is 9.09. The van der Waals surface area contributed by atoms with Crippen molar-refractivity contribution in [2.45, 2.75) is 64.0 Å². The largest absolute Gasteiger partial charge is 0.330 e. The Morgan fingerprint density at radius 1 is 1.11 bits per heavy atom. The molecule has 150 valence electrons. The molecule has 2 aromatic rings. The van der Waals surface area contributed by atoms with Gasteiger partial charge in [-0.25, -0.2) is 4.68 Å². The first-order chi connectivity index (χ1) is 13.4. The Hall–Kier alpha value is -2.21. The van der Waals surface area contributed by atoms with Gasteiger partial charge in [0.2, 0.25) is 0 Å². The quantitative estimate of drug-likeness (QED) is 0.884. The number of hydrogen-bond donors (Lipinski definition) is 1. The molecule has 4 rings (SSSR count). The monoisotopic (exact) mass is 381 g/mol. The fourth-order valence-corrected chi connectivity index (χ4v) is 4.33. The van der Waals surface area contributed by atoms with Gasteiger partial charge in [0.1, 0.15) is 0 Å². The molecule has 6 nitrogen and oxygen atoms in total. The molecule has 0 aliphatic carbocycles. The van der Waals surface area contributed by atoms with Gasteiger partial charge >= 0.3 is 0 Å². The molecule has 2 aliphatic rings. The van der Waals surface area contributed by atoms with Crippen LogP contribution < -0.4 is 5.32 Å². The summed E-state index contributed by atoms with van der Waals surface area (Å²) in [5.41, 5.74) is 3.13. The molecule has 1 aromatic carbocycles. The Morgan fingerprint density at radius 3 is 2.50 bits per heavy atom. The molecule has 0 radical (unpaired) electrons. The summed E-state index contributed by atoms with van der Waals surface area (Å²) in [4.78, 5) is 15.1. The second kappa shape index (κ2) is 7.66. The number of hydrogen-bond acceptors (Lipinski definition) is 4. The fraction of sp³-hybridized carbons (Fsp3) is 0.591. The Bertz CT molecular complexity index is 814. The van der Waals surface area contributed by atoms with Crippen LogP contribution in [0.3, 0.4) is 0 Å². The minimum atomic E-state index is 0.00239. The molecule has 1 atom stereocenters. The molecule has 2 fully saturated rings. The van der Waals surface area contributed by atoms with Gasteiger partial charge in [0, 0.05) is 6.54 Å². The lowest BCUT2D eigenvalue weighted by atomic mass is 9.86. The second-order valence-corrected chi connectivity index (χ2v) is 9.09. The van der Waals surface area contributed by atoms with E-state index in [4.69, 9.17) is 0 Å². The zero-order valence-corrected chi connectivity index (χ0v) is 17.2. The summed E-state index contributed by atoms with van der Waals surface area (Å²) in [5, 5.41) is 11.8. The summed E-state index contributed by atoms with van der Waals surface area (Å²) >= 11 is 0. The maximum atomic E-state index is 13.2. The summed E-state index contributed by atoms with van der Waals surface area (Å²) in [6.07, 6.45) is 5.94. The van der Waals surface area contributed by atoms with E-state index in [-0.39, 0.29) is 17.4 Å². The number of carbonyl (C=O) groups is 1. The number of rotatable bonds is 3. The highest BCUT2D eigenvalue weighted by molar-refractivity contribution is 5.92. The van der Waals surface area contributed by atoms with E-state index in [1.54, 1.807) is 0 Å². The van der Waals surface area contributed by atoms with Gasteiger partial charge in [-0.1, -0.05) is 50.3 Å². The number of benzene rings is 1. The van der Waals surface area contributed by atoms with Gasteiger partial charge in [-0.05, 0) is 55.3 Å². The van der Waals surface area contributed by atoms with Gasteiger partial charge in [-0.15, -0.1) is 5.10 Å². The standard InChI is InChI=1S/C22H31N5O/c1-22(2,3)17-8-6-16(7-9-17)20-5-4-14-26(20)21(28)19-15-27(25-24-19)18-10-12-23-13-11-18/h6-9,15,18,20,23H,4-5,10-14H2,1-3H3. The van der Waals surface area contributed by atoms with Crippen molar-refractivity contribution in [2.24, 2.45) is 0 Å². The summed E-state index contributed by atoms with van der Waals surface area (Å²) in [5.74, 6) is 0.00239. The minimum absolute atomic E-state index is 0.00239. The Labute approximate surface area is 167 Å². The Morgan fingerprint density at radius 2 is 1.82 bits per heavy atom. The minimum Gasteiger partial charge on any atom is -0.330 e. The predicted molar refractivity (Wildman–Crippen MR) is 109 cm³/mol. The molecule has 6 heteroatoms. The van der Waals surface area contributed by atoms with Crippen LogP contribution in [0.2, 0.25) is 0 Å². The lowest BCUT2D eigenvalue weighted by molar-refractivity contribution is 0.0729. The lowest BCUT2D eigenvalue weighted by Crippen LogP contribution is -2.31. The SMILES string of the molecule is CC(C)(C)c1ccc(C2CCCN2C(=O)c2cn(C3CCNCC3)nn2)cc1. The van der Waals surface area contributed by atoms with E-state index in [9.17, 15) is 4.79 Å². The number of aromatic nitrogens is 3. The highest BCUT2D eigenvalue weighted by Gasteiger charge is 2.32. The van der Waals surface area contributed by atoms with Crippen molar-refractivity contribution < 1.29 is 4.79 Å². The van der Waals surface area contributed by atoms with Gasteiger partial charge in [-0.3, -0.25) is 4.79 Å². The first-order valence-electron chi connectivity index (χ1n) is 10.5. The average molecular weight is 382 g/mol. The smallest absolute Gasteiger partial charge is 0.276 e. The summed E-state index contributed by atoms with van der Waals surface area (Å²) in [6.45, 7) is 9.43. The van der Waals surface area contributed by atoms with Crippen molar-refractivity contribution in [3.63, 3.8) is 0 Å². The molecule has 0 bridgehead atoms. The van der Waals surface area contributed by atoms with Crippen LogP contribution in [0, 0.1) is 0 Å². The summed E-state index contributed by atoms with van der Waals surface area (Å²) in [6, 6.07) is 9.24. The van der Waals surface area contributed by atoms with Gasteiger partial charge in [0.15, 0.2) is 5.69 Å². The van der Waals surface area contributed by atoms with E-state index in [1.165, 1.54) is 11.1 Å². The third-order valence-corrected chi connectivity index (χ3v) is 6.09. The first-order valence-corrected chi connectivity index (χ1v) is 10.5. The molecule has 28 heavy (non-hydrogen) atoms. The number of nitrogens with one attached hydrogen (secondary N) is 1. The molecule has 1 aromatic heterocycles. The van der Waals surface area contributed by atoms with Crippen LogP contribution in [0.4, 0.5) is 0 Å². The maximum absolute atomic E-state index is 13.2. The molecular formula is C22H31N5O. The zero-order valence-electron chi connectivity index (χ0n) is 17.2. The summed E-state index contributed by atoms with van der Waals surface area (Å²) < 4.78 is 1.89. The fourth-order valence-electron chi connectivity index (χ4n) is 4.33. The first kappa shape index (κ1) is 19.1. The van der Waals surface area contributed by atoms with Gasteiger partial charge < -0.3 is 10.2 Å². The highest BCUT2D eigenvalue weighted by atomic mass is 16.2. The Balaban J connectivity index is 1.50. The normalized spacial score (nSPS) is 21.2. The van der Waals surface area contributed by atoms with Crippen molar-refractivity contribution in [3.8, 4) is 0 Å². The third-order valence-electron chi connectivity index (χ3n) is 6.09. The van der Waals surface area contributed by atoms with E-state index >= 15 is 0 Å². The van der Waals surface area contributed by atoms with Crippen LogP contribution in [0.5, 0.6) is 0 Å². The Kier molecular flexibility index (Phi) is 5.23. The number of nitrogens with zero attached hydrogens (tertiary/aromatic N) is 4. The molecule has 0 saturated carbocycles. The molecule has 1 unspecified atom stereocenters. The van der Waals surface area contributed by atoms with E-state index in [1.807, 2.05) is 15.8 Å². The van der Waals surface area contributed by atoms with Crippen LogP contribution in [0.15, 0.2) is 30.5 Å². The predicted octanol–water partition coefficient (Wildman–Crippen LogP) is 3.48. The van der Waals surface area contributed by atoms with Crippen molar-refractivity contribution in [1.29, 1.82) is 0 Å². The van der Waals surface area contributed by atoms with Crippen molar-refractivity contribution >= 4 is 5.91 Å². The van der Waals surface area contributed by atoms with Crippen LogP contribution in [-0.2, 0) is 5.41 Å². The van der Waals surface area contributed by atoms with Gasteiger partial charge in [0.25, 0.3) is 5.91 Å². The molecule has 0 spiro atoms. The molecule has 1 amide bonds. The molecular weight excluding hydrogens is 350 g/mol. The van der Waals surface area contributed by atoms with Crippen LogP contribution in [0.1, 0.15) is 80.2 Å². The van der Waals surface area contributed by atoms with Crippen molar-refractivity contribution in [1.82, 2.24) is 25.2 Å². The number of piperidine rings is 1.